The molecule has 2 rings (SSSR count). The van der Waals surface area contributed by atoms with Crippen LogP contribution in [-0.2, 0) is 9.59 Å². The highest BCUT2D eigenvalue weighted by Crippen LogP contribution is 2.25. The molecule has 0 bridgehead atoms. The van der Waals surface area contributed by atoms with Crippen molar-refractivity contribution in [2.75, 3.05) is 13.1 Å². The van der Waals surface area contributed by atoms with Gasteiger partial charge in [0.25, 0.3) is 0 Å². The van der Waals surface area contributed by atoms with Crippen LogP contribution in [0.5, 0.6) is 0 Å². The van der Waals surface area contributed by atoms with E-state index in [1.165, 1.54) is 0 Å². The van der Waals surface area contributed by atoms with Crippen LogP contribution in [0.3, 0.4) is 0 Å². The zero-order valence-corrected chi connectivity index (χ0v) is 13.7. The fourth-order valence-corrected chi connectivity index (χ4v) is 2.79. The molecular weight excluding hydrogens is 310 g/mol. The van der Waals surface area contributed by atoms with Gasteiger partial charge in [0.2, 0.25) is 5.91 Å². The summed E-state index contributed by atoms with van der Waals surface area (Å²) in [7, 11) is 0. The Morgan fingerprint density at radius 3 is 2.71 bits per heavy atom. The molecule has 1 aliphatic heterocycles. The monoisotopic (exact) mass is 333 g/mol. The van der Waals surface area contributed by atoms with Crippen molar-refractivity contribution in [3.8, 4) is 0 Å². The Hall–Kier alpha value is -2.57. The Morgan fingerprint density at radius 2 is 2.04 bits per heavy atom. The van der Waals surface area contributed by atoms with Gasteiger partial charge < -0.3 is 20.6 Å². The molecule has 0 saturated carbocycles. The number of nitrogens with one attached hydrogen (secondary N) is 2. The number of hydrogen-bond donors (Lipinski definition) is 3. The fraction of sp³-hybridized carbons (Fsp3) is 0.471. The first-order chi connectivity index (χ1) is 11.5. The quantitative estimate of drug-likeness (QED) is 0.659. The maximum absolute atomic E-state index is 12.2. The molecule has 2 atom stereocenters. The largest absolute Gasteiger partial charge is 0.481 e. The average Bonchev–Trinajstić information content (AvgIpc) is 2.92. The number of amides is 3. The first kappa shape index (κ1) is 17.8. The minimum Gasteiger partial charge on any atom is -0.481 e. The smallest absolute Gasteiger partial charge is 0.315 e. The van der Waals surface area contributed by atoms with Crippen molar-refractivity contribution in [3.05, 3.63) is 35.9 Å². The molecule has 0 radical (unpaired) electrons. The highest BCUT2D eigenvalue weighted by atomic mass is 16.4. The van der Waals surface area contributed by atoms with Crippen LogP contribution >= 0.6 is 0 Å². The molecule has 7 nitrogen and oxygen atoms in total. The van der Waals surface area contributed by atoms with E-state index in [-0.39, 0.29) is 36.9 Å². The standard InChI is InChI=1S/C17H23N3O4/c1-12(13-6-3-2-4-7-13)20-11-14(10-15(20)21)19-17(24)18-9-5-8-16(22)23/h2-4,6-7,12,14H,5,8-11H2,1H3,(H,22,23)(H2,18,19,24). The predicted octanol–water partition coefficient (Wildman–Crippen LogP) is 1.51. The number of carbonyl (C=O) groups excluding carboxylic acids is 2. The SMILES string of the molecule is CC(c1ccccc1)N1CC(NC(=O)NCCCC(=O)O)CC1=O. The maximum atomic E-state index is 12.2. The summed E-state index contributed by atoms with van der Waals surface area (Å²) in [5.41, 5.74) is 1.06. The lowest BCUT2D eigenvalue weighted by Crippen LogP contribution is -2.43. The second kappa shape index (κ2) is 8.33. The molecule has 130 valence electrons. The first-order valence-electron chi connectivity index (χ1n) is 8.08. The minimum absolute atomic E-state index is 0.0162. The number of carbonyl (C=O) groups is 3. The zero-order chi connectivity index (χ0) is 17.5. The molecule has 0 aliphatic carbocycles. The Bertz CT molecular complexity index is 591. The van der Waals surface area contributed by atoms with Gasteiger partial charge in [-0.2, -0.15) is 0 Å². The number of benzene rings is 1. The number of carboxylic acids is 1. The van der Waals surface area contributed by atoms with E-state index in [9.17, 15) is 14.4 Å². The van der Waals surface area contributed by atoms with E-state index in [2.05, 4.69) is 10.6 Å². The summed E-state index contributed by atoms with van der Waals surface area (Å²) < 4.78 is 0. The summed E-state index contributed by atoms with van der Waals surface area (Å²) in [6.07, 6.45) is 0.674. The average molecular weight is 333 g/mol. The molecule has 1 aromatic carbocycles. The lowest BCUT2D eigenvalue weighted by atomic mass is 10.1. The van der Waals surface area contributed by atoms with Crippen LogP contribution in [-0.4, -0.2) is 47.0 Å². The number of hydrogen-bond acceptors (Lipinski definition) is 3. The molecule has 1 aliphatic rings. The second-order valence-corrected chi connectivity index (χ2v) is 5.93. The number of likely N-dealkylation sites (tertiary alicyclic amines) is 1. The van der Waals surface area contributed by atoms with Crippen LogP contribution in [0.25, 0.3) is 0 Å². The Labute approximate surface area is 141 Å². The number of aliphatic carboxylic acids is 1. The van der Waals surface area contributed by atoms with Crippen molar-refractivity contribution in [1.82, 2.24) is 15.5 Å². The van der Waals surface area contributed by atoms with E-state index in [1.54, 1.807) is 4.90 Å². The summed E-state index contributed by atoms with van der Waals surface area (Å²) in [6, 6.07) is 9.13. The van der Waals surface area contributed by atoms with Crippen molar-refractivity contribution in [3.63, 3.8) is 0 Å². The molecule has 0 spiro atoms. The van der Waals surface area contributed by atoms with Gasteiger partial charge in [-0.25, -0.2) is 4.79 Å². The van der Waals surface area contributed by atoms with Crippen molar-refractivity contribution in [2.45, 2.75) is 38.3 Å². The van der Waals surface area contributed by atoms with Crippen molar-refractivity contribution in [1.29, 1.82) is 0 Å². The number of carboxylic acid groups (broad SMARTS) is 1. The summed E-state index contributed by atoms with van der Waals surface area (Å²) in [6.45, 7) is 2.74. The highest BCUT2D eigenvalue weighted by Gasteiger charge is 2.33. The third-order valence-corrected chi connectivity index (χ3v) is 4.10. The third kappa shape index (κ3) is 4.97. The lowest BCUT2D eigenvalue weighted by molar-refractivity contribution is -0.137. The van der Waals surface area contributed by atoms with E-state index < -0.39 is 5.97 Å². The van der Waals surface area contributed by atoms with Gasteiger partial charge in [-0.1, -0.05) is 30.3 Å². The number of rotatable bonds is 7. The molecule has 3 amide bonds. The summed E-state index contributed by atoms with van der Waals surface area (Å²) in [4.78, 5) is 36.2. The molecule has 7 heteroatoms. The van der Waals surface area contributed by atoms with Gasteiger partial charge in [0.15, 0.2) is 0 Å². The molecule has 1 aromatic rings. The first-order valence-corrected chi connectivity index (χ1v) is 8.08. The van der Waals surface area contributed by atoms with Crippen LogP contribution in [0, 0.1) is 0 Å². The van der Waals surface area contributed by atoms with Crippen LogP contribution in [0.2, 0.25) is 0 Å². The predicted molar refractivity (Wildman–Crippen MR) is 88.4 cm³/mol. The maximum Gasteiger partial charge on any atom is 0.315 e. The summed E-state index contributed by atoms with van der Waals surface area (Å²) in [5, 5.41) is 13.9. The van der Waals surface area contributed by atoms with Gasteiger partial charge in [-0.15, -0.1) is 0 Å². The molecule has 0 aromatic heterocycles. The lowest BCUT2D eigenvalue weighted by Gasteiger charge is -2.25. The number of nitrogens with zero attached hydrogens (tertiary/aromatic N) is 1. The van der Waals surface area contributed by atoms with Crippen LogP contribution in [0.4, 0.5) is 4.79 Å². The Morgan fingerprint density at radius 1 is 1.33 bits per heavy atom. The minimum atomic E-state index is -0.885. The third-order valence-electron chi connectivity index (χ3n) is 4.10. The van der Waals surface area contributed by atoms with Crippen LogP contribution < -0.4 is 10.6 Å². The Balaban J connectivity index is 1.79. The zero-order valence-electron chi connectivity index (χ0n) is 13.7. The molecule has 1 heterocycles. The van der Waals surface area contributed by atoms with Crippen LogP contribution in [0.15, 0.2) is 30.3 Å². The van der Waals surface area contributed by atoms with Gasteiger partial charge >= 0.3 is 12.0 Å². The van der Waals surface area contributed by atoms with Gasteiger partial charge in [-0.3, -0.25) is 9.59 Å². The van der Waals surface area contributed by atoms with E-state index in [1.807, 2.05) is 37.3 Å². The second-order valence-electron chi connectivity index (χ2n) is 5.93. The molecule has 24 heavy (non-hydrogen) atoms. The topological polar surface area (TPSA) is 98.7 Å². The Kier molecular flexibility index (Phi) is 6.17. The van der Waals surface area contributed by atoms with Gasteiger partial charge in [-0.05, 0) is 18.9 Å². The van der Waals surface area contributed by atoms with Crippen molar-refractivity contribution >= 4 is 17.9 Å². The molecule has 1 saturated heterocycles. The highest BCUT2D eigenvalue weighted by molar-refractivity contribution is 5.82. The van der Waals surface area contributed by atoms with Crippen LogP contribution in [0.1, 0.15) is 37.8 Å². The van der Waals surface area contributed by atoms with Crippen molar-refractivity contribution < 1.29 is 19.5 Å². The van der Waals surface area contributed by atoms with Gasteiger partial charge in [0, 0.05) is 25.9 Å². The van der Waals surface area contributed by atoms with E-state index in [4.69, 9.17) is 5.11 Å². The molecule has 2 unspecified atom stereocenters. The molecular formula is C17H23N3O4. The molecule has 1 fully saturated rings. The van der Waals surface area contributed by atoms with Gasteiger partial charge in [0.1, 0.15) is 0 Å². The van der Waals surface area contributed by atoms with Crippen molar-refractivity contribution in [2.24, 2.45) is 0 Å². The van der Waals surface area contributed by atoms with E-state index in [0.29, 0.717) is 19.5 Å². The number of urea groups is 1. The summed E-state index contributed by atoms with van der Waals surface area (Å²) >= 11 is 0. The van der Waals surface area contributed by atoms with E-state index >= 15 is 0 Å². The molecule has 3 N–H and O–H groups in total. The fourth-order valence-electron chi connectivity index (χ4n) is 2.79. The summed E-state index contributed by atoms with van der Waals surface area (Å²) in [5.74, 6) is -0.869. The van der Waals surface area contributed by atoms with Gasteiger partial charge in [0.05, 0.1) is 12.1 Å². The van der Waals surface area contributed by atoms with E-state index in [0.717, 1.165) is 5.56 Å². The normalized spacial score (nSPS) is 18.3.